The number of hydrogen-bond donors (Lipinski definition) is 1. The van der Waals surface area contributed by atoms with Gasteiger partial charge >= 0.3 is 0 Å². The second kappa shape index (κ2) is 7.14. The summed E-state index contributed by atoms with van der Waals surface area (Å²) in [4.78, 5) is 2.40. The Morgan fingerprint density at radius 3 is 2.50 bits per heavy atom. The molecule has 0 aliphatic carbocycles. The summed E-state index contributed by atoms with van der Waals surface area (Å²) in [5.41, 5.74) is 1.09. The Morgan fingerprint density at radius 2 is 1.90 bits per heavy atom. The van der Waals surface area contributed by atoms with Crippen LogP contribution in [0.3, 0.4) is 0 Å². The Balaban J connectivity index is 2.05. The molecular weight excluding hydrogens is 384 g/mol. The van der Waals surface area contributed by atoms with Gasteiger partial charge in [0, 0.05) is 16.6 Å². The van der Waals surface area contributed by atoms with E-state index in [0.29, 0.717) is 6.04 Å². The van der Waals surface area contributed by atoms with Gasteiger partial charge in [0.2, 0.25) is 0 Å². The largest absolute Gasteiger partial charge is 0.495 e. The number of piperidine rings is 1. The van der Waals surface area contributed by atoms with Gasteiger partial charge < -0.3 is 15.0 Å². The fourth-order valence-electron chi connectivity index (χ4n) is 2.69. The van der Waals surface area contributed by atoms with Crippen LogP contribution in [0.5, 0.6) is 5.75 Å². The number of benzene rings is 1. The zero-order valence-corrected chi connectivity index (χ0v) is 15.4. The van der Waals surface area contributed by atoms with E-state index in [9.17, 15) is 0 Å². The molecule has 0 radical (unpaired) electrons. The highest BCUT2D eigenvalue weighted by Gasteiger charge is 2.22. The third-order valence-corrected chi connectivity index (χ3v) is 5.37. The first-order valence-corrected chi connectivity index (χ1v) is 8.58. The van der Waals surface area contributed by atoms with Crippen molar-refractivity contribution in [2.75, 3.05) is 32.6 Å². The van der Waals surface area contributed by atoms with Crippen LogP contribution in [0.15, 0.2) is 21.1 Å². The van der Waals surface area contributed by atoms with Crippen LogP contribution in [-0.4, -0.2) is 38.2 Å². The normalized spacial score (nSPS) is 18.9. The molecule has 1 aromatic carbocycles. The Hall–Kier alpha value is -0.260. The van der Waals surface area contributed by atoms with Crippen molar-refractivity contribution in [1.82, 2.24) is 4.90 Å². The van der Waals surface area contributed by atoms with E-state index in [4.69, 9.17) is 4.74 Å². The monoisotopic (exact) mass is 404 g/mol. The molecule has 1 aliphatic rings. The van der Waals surface area contributed by atoms with Crippen LogP contribution in [0.2, 0.25) is 0 Å². The molecule has 1 aliphatic heterocycles. The lowest BCUT2D eigenvalue weighted by atomic mass is 9.90. The molecule has 0 amide bonds. The number of anilines is 1. The molecule has 0 bridgehead atoms. The average Bonchev–Trinajstić information content (AvgIpc) is 2.42. The molecule has 0 aromatic heterocycles. The van der Waals surface area contributed by atoms with Gasteiger partial charge in [0.15, 0.2) is 0 Å². The topological polar surface area (TPSA) is 24.5 Å². The van der Waals surface area contributed by atoms with Crippen LogP contribution in [0.4, 0.5) is 5.69 Å². The summed E-state index contributed by atoms with van der Waals surface area (Å²) >= 11 is 7.12. The van der Waals surface area contributed by atoms with E-state index in [1.165, 1.54) is 25.9 Å². The Kier molecular flexibility index (Phi) is 5.75. The maximum atomic E-state index is 5.37. The molecule has 1 saturated heterocycles. The van der Waals surface area contributed by atoms with E-state index in [1.54, 1.807) is 7.11 Å². The molecule has 1 unspecified atom stereocenters. The van der Waals surface area contributed by atoms with E-state index in [0.717, 1.165) is 26.3 Å². The third-order valence-electron chi connectivity index (χ3n) is 4.09. The van der Waals surface area contributed by atoms with Crippen LogP contribution in [0.25, 0.3) is 0 Å². The summed E-state index contributed by atoms with van der Waals surface area (Å²) in [5, 5.41) is 3.63. The molecule has 0 saturated carbocycles. The lowest BCUT2D eigenvalue weighted by molar-refractivity contribution is 0.208. The van der Waals surface area contributed by atoms with Crippen molar-refractivity contribution in [2.24, 2.45) is 5.92 Å². The van der Waals surface area contributed by atoms with E-state index < -0.39 is 0 Å². The summed E-state index contributed by atoms with van der Waals surface area (Å²) in [5.74, 6) is 1.58. The third kappa shape index (κ3) is 3.89. The van der Waals surface area contributed by atoms with Gasteiger partial charge in [0.25, 0.3) is 0 Å². The fourth-order valence-corrected chi connectivity index (χ4v) is 3.96. The van der Waals surface area contributed by atoms with Crippen molar-refractivity contribution in [2.45, 2.75) is 25.8 Å². The molecule has 1 fully saturated rings. The van der Waals surface area contributed by atoms with Gasteiger partial charge in [-0.2, -0.15) is 0 Å². The summed E-state index contributed by atoms with van der Waals surface area (Å²) in [6.07, 6.45) is 2.52. The van der Waals surface area contributed by atoms with Crippen molar-refractivity contribution < 1.29 is 4.74 Å². The van der Waals surface area contributed by atoms with E-state index >= 15 is 0 Å². The molecule has 2 rings (SSSR count). The maximum absolute atomic E-state index is 5.37. The number of nitrogens with zero attached hydrogens (tertiary/aromatic N) is 1. The summed E-state index contributed by atoms with van der Waals surface area (Å²) in [6, 6.07) is 4.54. The number of nitrogens with one attached hydrogen (secondary N) is 1. The molecule has 112 valence electrons. The van der Waals surface area contributed by atoms with E-state index in [2.05, 4.69) is 56.0 Å². The highest BCUT2D eigenvalue weighted by molar-refractivity contribution is 9.11. The Morgan fingerprint density at radius 1 is 1.25 bits per heavy atom. The standard InChI is InChI=1S/C15H22Br2N2O/c1-10(11-4-6-19(2)7-5-11)18-14-9-15(20-3)13(17)8-12(14)16/h8-11,18H,4-7H2,1-3H3. The number of halogens is 2. The molecule has 1 heterocycles. The van der Waals surface area contributed by atoms with Crippen LogP contribution in [0, 0.1) is 5.92 Å². The number of hydrogen-bond acceptors (Lipinski definition) is 3. The smallest absolute Gasteiger partial charge is 0.135 e. The zero-order valence-electron chi connectivity index (χ0n) is 12.2. The number of rotatable bonds is 4. The predicted octanol–water partition coefficient (Wildman–Crippen LogP) is 4.36. The van der Waals surface area contributed by atoms with Gasteiger partial charge in [0.1, 0.15) is 5.75 Å². The highest BCUT2D eigenvalue weighted by atomic mass is 79.9. The Labute approximate surface area is 138 Å². The van der Waals surface area contributed by atoms with Crippen molar-refractivity contribution in [1.29, 1.82) is 0 Å². The zero-order chi connectivity index (χ0) is 14.7. The van der Waals surface area contributed by atoms with Crippen LogP contribution in [0.1, 0.15) is 19.8 Å². The van der Waals surface area contributed by atoms with Crippen molar-refractivity contribution in [3.8, 4) is 5.75 Å². The Bertz CT molecular complexity index is 459. The lowest BCUT2D eigenvalue weighted by Crippen LogP contribution is -2.37. The van der Waals surface area contributed by atoms with Gasteiger partial charge in [-0.1, -0.05) is 0 Å². The minimum Gasteiger partial charge on any atom is -0.495 e. The fraction of sp³-hybridized carbons (Fsp3) is 0.600. The van der Waals surface area contributed by atoms with Crippen LogP contribution in [-0.2, 0) is 0 Å². The van der Waals surface area contributed by atoms with Crippen molar-refractivity contribution >= 4 is 37.5 Å². The first kappa shape index (κ1) is 16.1. The van der Waals surface area contributed by atoms with Crippen LogP contribution < -0.4 is 10.1 Å². The molecule has 0 spiro atoms. The number of ether oxygens (including phenoxy) is 1. The summed E-state index contributed by atoms with van der Waals surface area (Å²) < 4.78 is 7.39. The second-order valence-corrected chi connectivity index (χ2v) is 7.25. The molecule has 3 nitrogen and oxygen atoms in total. The molecule has 20 heavy (non-hydrogen) atoms. The highest BCUT2D eigenvalue weighted by Crippen LogP contribution is 2.35. The first-order valence-electron chi connectivity index (χ1n) is 6.99. The summed E-state index contributed by atoms with van der Waals surface area (Å²) in [7, 11) is 3.89. The van der Waals surface area contributed by atoms with Gasteiger partial charge in [-0.15, -0.1) is 0 Å². The number of likely N-dealkylation sites (tertiary alicyclic amines) is 1. The molecule has 1 atom stereocenters. The van der Waals surface area contributed by atoms with E-state index in [-0.39, 0.29) is 0 Å². The number of methoxy groups -OCH3 is 1. The second-order valence-electron chi connectivity index (χ2n) is 5.54. The molecular formula is C15H22Br2N2O. The molecule has 1 aromatic rings. The molecule has 1 N–H and O–H groups in total. The van der Waals surface area contributed by atoms with Gasteiger partial charge in [-0.05, 0) is 83.7 Å². The van der Waals surface area contributed by atoms with Gasteiger partial charge in [0.05, 0.1) is 17.3 Å². The van der Waals surface area contributed by atoms with Crippen LogP contribution >= 0.6 is 31.9 Å². The van der Waals surface area contributed by atoms with E-state index in [1.807, 2.05) is 12.1 Å². The van der Waals surface area contributed by atoms with Crippen molar-refractivity contribution in [3.05, 3.63) is 21.1 Å². The van der Waals surface area contributed by atoms with Crippen molar-refractivity contribution in [3.63, 3.8) is 0 Å². The minimum atomic E-state index is 0.464. The average molecular weight is 406 g/mol. The first-order chi connectivity index (χ1) is 9.51. The van der Waals surface area contributed by atoms with Gasteiger partial charge in [-0.3, -0.25) is 0 Å². The summed E-state index contributed by atoms with van der Waals surface area (Å²) in [6.45, 7) is 4.67. The molecule has 5 heteroatoms. The lowest BCUT2D eigenvalue weighted by Gasteiger charge is -2.33. The quantitative estimate of drug-likeness (QED) is 0.805. The minimum absolute atomic E-state index is 0.464. The predicted molar refractivity (Wildman–Crippen MR) is 91.7 cm³/mol. The SMILES string of the molecule is COc1cc(NC(C)C2CCN(C)CC2)c(Br)cc1Br. The maximum Gasteiger partial charge on any atom is 0.135 e. The van der Waals surface area contributed by atoms with Gasteiger partial charge in [-0.25, -0.2) is 0 Å².